The molecule has 0 aliphatic heterocycles. The van der Waals surface area contributed by atoms with E-state index in [1.54, 1.807) is 12.4 Å². The molecule has 12 N–H and O–H groups in total. The monoisotopic (exact) mass is 646 g/mol. The molecule has 0 bridgehead atoms. The smallest absolute Gasteiger partial charge is 0.326 e. The number of hydrogen-bond donors (Lipinski definition) is 9. The third kappa shape index (κ3) is 9.40. The zero-order valence-electron chi connectivity index (χ0n) is 26.0. The van der Waals surface area contributed by atoms with Gasteiger partial charge in [-0.15, -0.1) is 0 Å². The van der Waals surface area contributed by atoms with Crippen molar-refractivity contribution in [3.05, 3.63) is 72.1 Å². The summed E-state index contributed by atoms with van der Waals surface area (Å²) < 4.78 is 0. The third-order valence-corrected chi connectivity index (χ3v) is 8.06. The van der Waals surface area contributed by atoms with Gasteiger partial charge in [0.25, 0.3) is 0 Å². The van der Waals surface area contributed by atoms with Crippen molar-refractivity contribution >= 4 is 51.4 Å². The van der Waals surface area contributed by atoms with Crippen LogP contribution < -0.4 is 33.2 Å². The first-order chi connectivity index (χ1) is 22.6. The Labute approximate surface area is 271 Å². The molecule has 4 unspecified atom stereocenters. The van der Waals surface area contributed by atoms with Crippen molar-refractivity contribution in [2.24, 2.45) is 17.2 Å². The highest BCUT2D eigenvalue weighted by Gasteiger charge is 2.31. The summed E-state index contributed by atoms with van der Waals surface area (Å²) in [5.74, 6) is -4.02. The van der Waals surface area contributed by atoms with Crippen LogP contribution in [0.4, 0.5) is 0 Å². The fourth-order valence-electron chi connectivity index (χ4n) is 5.49. The highest BCUT2D eigenvalue weighted by atomic mass is 16.4. The summed E-state index contributed by atoms with van der Waals surface area (Å²) in [6.07, 6.45) is 4.55. The topological polar surface area (TPSA) is 251 Å². The lowest BCUT2D eigenvalue weighted by Crippen LogP contribution is -2.57. The number of carboxylic acids is 1. The van der Waals surface area contributed by atoms with Crippen LogP contribution in [0.2, 0.25) is 0 Å². The van der Waals surface area contributed by atoms with Gasteiger partial charge >= 0.3 is 5.97 Å². The Morgan fingerprint density at radius 1 is 0.702 bits per heavy atom. The second-order valence-electron chi connectivity index (χ2n) is 11.5. The minimum Gasteiger partial charge on any atom is -0.480 e. The highest BCUT2D eigenvalue weighted by Crippen LogP contribution is 2.21. The van der Waals surface area contributed by atoms with Crippen LogP contribution in [0, 0.1) is 0 Å². The number of primary amides is 1. The van der Waals surface area contributed by atoms with Gasteiger partial charge in [-0.25, -0.2) is 4.79 Å². The number of aromatic nitrogens is 2. The van der Waals surface area contributed by atoms with Gasteiger partial charge in [0.1, 0.15) is 18.1 Å². The van der Waals surface area contributed by atoms with Gasteiger partial charge in [-0.1, -0.05) is 36.4 Å². The van der Waals surface area contributed by atoms with E-state index < -0.39 is 53.8 Å². The lowest BCUT2D eigenvalue weighted by atomic mass is 10.0. The molecule has 0 aliphatic rings. The summed E-state index contributed by atoms with van der Waals surface area (Å²) in [6.45, 7) is 0.353. The Hall–Kier alpha value is -5.21. The van der Waals surface area contributed by atoms with Gasteiger partial charge < -0.3 is 48.2 Å². The Morgan fingerprint density at radius 3 is 1.81 bits per heavy atom. The number of unbranched alkanes of at least 4 members (excludes halogenated alkanes) is 1. The number of fused-ring (bicyclic) bond motifs is 2. The lowest BCUT2D eigenvalue weighted by Gasteiger charge is -2.25. The summed E-state index contributed by atoms with van der Waals surface area (Å²) in [4.78, 5) is 70.0. The number of H-pyrrole nitrogens is 2. The predicted octanol–water partition coefficient (Wildman–Crippen LogP) is 0.695. The molecule has 2 heterocycles. The molecule has 47 heavy (non-hydrogen) atoms. The predicted molar refractivity (Wildman–Crippen MR) is 177 cm³/mol. The number of amides is 4. The molecule has 4 aromatic rings. The minimum atomic E-state index is -1.40. The summed E-state index contributed by atoms with van der Waals surface area (Å²) in [7, 11) is 0. The molecule has 4 rings (SSSR count). The van der Waals surface area contributed by atoms with E-state index in [-0.39, 0.29) is 32.1 Å². The van der Waals surface area contributed by atoms with E-state index in [0.29, 0.717) is 19.4 Å². The molecule has 2 aromatic heterocycles. The quantitative estimate of drug-likeness (QED) is 0.0694. The van der Waals surface area contributed by atoms with Gasteiger partial charge in [-0.3, -0.25) is 19.2 Å². The maximum absolute atomic E-state index is 13.9. The number of carbonyl (C=O) groups excluding carboxylic acids is 4. The van der Waals surface area contributed by atoms with Crippen molar-refractivity contribution in [1.29, 1.82) is 0 Å². The number of carbonyl (C=O) groups is 5. The summed E-state index contributed by atoms with van der Waals surface area (Å²) in [6, 6.07) is 10.5. The molecule has 2 aromatic carbocycles. The molecule has 0 radical (unpaired) electrons. The molecule has 0 aliphatic carbocycles. The number of nitrogens with two attached hydrogens (primary N) is 3. The van der Waals surface area contributed by atoms with E-state index >= 15 is 0 Å². The van der Waals surface area contributed by atoms with E-state index in [9.17, 15) is 29.1 Å². The molecule has 250 valence electrons. The van der Waals surface area contributed by atoms with E-state index in [1.807, 2.05) is 48.5 Å². The van der Waals surface area contributed by atoms with Gasteiger partial charge in [-0.2, -0.15) is 0 Å². The zero-order chi connectivity index (χ0) is 33.9. The molecule has 4 atom stereocenters. The Morgan fingerprint density at radius 2 is 1.23 bits per heavy atom. The number of aromatic amines is 2. The van der Waals surface area contributed by atoms with E-state index in [0.717, 1.165) is 32.9 Å². The normalized spacial score (nSPS) is 13.8. The standard InChI is InChI=1S/C33H42N8O6/c34-14-6-5-11-26(31(44)40-27(33(46)47)12-13-29(36)42)39-32(45)28(16-20-18-38-25-10-4-2-8-22(20)25)41-30(43)23(35)15-19-17-37-24-9-3-1-7-21(19)24/h1-4,7-10,17-18,23,26-28,37-38H,5-6,11-16,34-35H2,(H2,36,42)(H,39,45)(H,40,44)(H,41,43)(H,46,47). The molecule has 14 heteroatoms. The number of nitrogens with one attached hydrogen (secondary N) is 5. The fraction of sp³-hybridized carbons (Fsp3) is 0.364. The van der Waals surface area contributed by atoms with Crippen molar-refractivity contribution < 1.29 is 29.1 Å². The van der Waals surface area contributed by atoms with Crippen LogP contribution in [-0.2, 0) is 36.8 Å². The summed E-state index contributed by atoms with van der Waals surface area (Å²) in [5.41, 5.74) is 20.5. The Balaban J connectivity index is 1.54. The van der Waals surface area contributed by atoms with Gasteiger partial charge in [0, 0.05) is 47.0 Å². The minimum absolute atomic E-state index is 0.0783. The number of benzene rings is 2. The Bertz CT molecular complexity index is 1720. The number of rotatable bonds is 18. The summed E-state index contributed by atoms with van der Waals surface area (Å²) >= 11 is 0. The van der Waals surface area contributed by atoms with E-state index in [1.165, 1.54) is 0 Å². The first kappa shape index (κ1) is 34.7. The van der Waals surface area contributed by atoms with Crippen molar-refractivity contribution in [1.82, 2.24) is 25.9 Å². The zero-order valence-corrected chi connectivity index (χ0v) is 26.0. The second kappa shape index (κ2) is 16.4. The fourth-order valence-corrected chi connectivity index (χ4v) is 5.49. The lowest BCUT2D eigenvalue weighted by molar-refractivity contribution is -0.142. The van der Waals surface area contributed by atoms with Crippen LogP contribution in [-0.4, -0.2) is 75.4 Å². The maximum Gasteiger partial charge on any atom is 0.326 e. The van der Waals surface area contributed by atoms with Gasteiger partial charge in [0.05, 0.1) is 6.04 Å². The number of aliphatic carboxylic acids is 1. The van der Waals surface area contributed by atoms with Crippen LogP contribution in [0.5, 0.6) is 0 Å². The van der Waals surface area contributed by atoms with Crippen molar-refractivity contribution in [3.8, 4) is 0 Å². The Kier molecular flexibility index (Phi) is 12.1. The SMILES string of the molecule is NCCCCC(NC(=O)C(Cc1c[nH]c2ccccc12)NC(=O)C(N)Cc1c[nH]c2ccccc12)C(=O)NC(CCC(N)=O)C(=O)O. The van der Waals surface area contributed by atoms with Crippen molar-refractivity contribution in [2.45, 2.75) is 69.1 Å². The number of hydrogen-bond acceptors (Lipinski definition) is 7. The second-order valence-corrected chi connectivity index (χ2v) is 11.5. The first-order valence-electron chi connectivity index (χ1n) is 15.5. The van der Waals surface area contributed by atoms with Crippen LogP contribution in [0.1, 0.15) is 43.2 Å². The molecule has 14 nitrogen and oxygen atoms in total. The molecule has 4 amide bonds. The van der Waals surface area contributed by atoms with Gasteiger partial charge in [0.2, 0.25) is 23.6 Å². The van der Waals surface area contributed by atoms with Crippen LogP contribution in [0.15, 0.2) is 60.9 Å². The molecule has 0 saturated carbocycles. The van der Waals surface area contributed by atoms with Crippen LogP contribution >= 0.6 is 0 Å². The summed E-state index contributed by atoms with van der Waals surface area (Å²) in [5, 5.41) is 19.3. The first-order valence-corrected chi connectivity index (χ1v) is 15.5. The van der Waals surface area contributed by atoms with Crippen molar-refractivity contribution in [2.75, 3.05) is 6.54 Å². The number of carboxylic acid groups (broad SMARTS) is 1. The molecule has 0 spiro atoms. The maximum atomic E-state index is 13.9. The molecule has 0 saturated heterocycles. The van der Waals surface area contributed by atoms with Crippen molar-refractivity contribution in [3.63, 3.8) is 0 Å². The highest BCUT2D eigenvalue weighted by molar-refractivity contribution is 5.95. The molecular formula is C33H42N8O6. The average molecular weight is 647 g/mol. The van der Waals surface area contributed by atoms with Gasteiger partial charge in [0.15, 0.2) is 0 Å². The van der Waals surface area contributed by atoms with E-state index in [4.69, 9.17) is 17.2 Å². The third-order valence-electron chi connectivity index (χ3n) is 8.06. The van der Waals surface area contributed by atoms with Crippen LogP contribution in [0.3, 0.4) is 0 Å². The van der Waals surface area contributed by atoms with Gasteiger partial charge in [-0.05, 0) is 61.9 Å². The molecule has 0 fully saturated rings. The molecular weight excluding hydrogens is 604 g/mol. The van der Waals surface area contributed by atoms with Crippen LogP contribution in [0.25, 0.3) is 21.8 Å². The largest absolute Gasteiger partial charge is 0.480 e. The van der Waals surface area contributed by atoms with E-state index in [2.05, 4.69) is 25.9 Å². The number of para-hydroxylation sites is 2. The average Bonchev–Trinajstić information content (AvgIpc) is 3.65.